The van der Waals surface area contributed by atoms with E-state index in [1.54, 1.807) is 31.2 Å². The number of carbonyl (C=O) groups is 1. The fraction of sp³-hybridized carbons (Fsp3) is 0.462. The summed E-state index contributed by atoms with van der Waals surface area (Å²) in [6.07, 6.45) is -1.96. The largest absolute Gasteiger partial charge is 0.394 e. The first-order chi connectivity index (χ1) is 9.02. The third-order valence-electron chi connectivity index (χ3n) is 3.21. The summed E-state index contributed by atoms with van der Waals surface area (Å²) in [5.74, 6) is -0.333. The van der Waals surface area contributed by atoms with Crippen LogP contribution >= 0.6 is 11.6 Å². The lowest BCUT2D eigenvalue weighted by molar-refractivity contribution is -0.0170. The molecule has 1 fully saturated rings. The predicted molar refractivity (Wildman–Crippen MR) is 70.1 cm³/mol. The molecule has 1 unspecified atom stereocenters. The molecule has 1 aromatic rings. The molecular formula is C13H16ClNO4. The molecule has 1 aromatic carbocycles. The van der Waals surface area contributed by atoms with Gasteiger partial charge in [0.1, 0.15) is 12.2 Å². The second-order valence-electron chi connectivity index (χ2n) is 4.56. The topological polar surface area (TPSA) is 78.8 Å². The van der Waals surface area contributed by atoms with Crippen molar-refractivity contribution >= 4 is 17.5 Å². The highest BCUT2D eigenvalue weighted by Crippen LogP contribution is 2.21. The lowest BCUT2D eigenvalue weighted by Crippen LogP contribution is -2.47. The maximum atomic E-state index is 12.0. The fourth-order valence-corrected chi connectivity index (χ4v) is 2.36. The van der Waals surface area contributed by atoms with Gasteiger partial charge in [0.15, 0.2) is 0 Å². The number of halogens is 1. The van der Waals surface area contributed by atoms with Crippen LogP contribution in [0.3, 0.4) is 0 Å². The minimum atomic E-state index is -0.928. The normalized spacial score (nSPS) is 30.3. The van der Waals surface area contributed by atoms with E-state index >= 15 is 0 Å². The van der Waals surface area contributed by atoms with Crippen LogP contribution in [0, 0.1) is 0 Å². The average Bonchev–Trinajstić information content (AvgIpc) is 2.66. The van der Waals surface area contributed by atoms with Gasteiger partial charge in [-0.1, -0.05) is 17.7 Å². The molecule has 0 spiro atoms. The van der Waals surface area contributed by atoms with E-state index < -0.39 is 18.2 Å². The number of carbonyl (C=O) groups excluding carboxylic acids is 1. The van der Waals surface area contributed by atoms with Crippen LogP contribution in [0.15, 0.2) is 24.3 Å². The van der Waals surface area contributed by atoms with Crippen molar-refractivity contribution in [3.05, 3.63) is 34.9 Å². The first kappa shape index (κ1) is 14.3. The Morgan fingerprint density at radius 2 is 2.26 bits per heavy atom. The average molecular weight is 286 g/mol. The van der Waals surface area contributed by atoms with Gasteiger partial charge in [0, 0.05) is 10.6 Å². The number of hydrogen-bond donors (Lipinski definition) is 3. The van der Waals surface area contributed by atoms with Crippen molar-refractivity contribution in [2.24, 2.45) is 0 Å². The molecule has 1 heterocycles. The highest BCUT2D eigenvalue weighted by atomic mass is 35.5. The van der Waals surface area contributed by atoms with Crippen molar-refractivity contribution in [1.29, 1.82) is 0 Å². The Bertz CT molecular complexity index is 468. The molecule has 0 aliphatic carbocycles. The van der Waals surface area contributed by atoms with Gasteiger partial charge in [0.05, 0.1) is 18.8 Å². The molecule has 1 aliphatic heterocycles. The summed E-state index contributed by atoms with van der Waals surface area (Å²) in [5, 5.41) is 22.2. The van der Waals surface area contributed by atoms with Gasteiger partial charge >= 0.3 is 0 Å². The molecule has 5 nitrogen and oxygen atoms in total. The standard InChI is InChI=1S/C13H16ClNO4/c1-7-11(12(17)10(6-16)19-7)15-13(18)8-3-2-4-9(14)5-8/h2-5,7,10-12,16-17H,6H2,1H3,(H,15,18)/t7-,10+,11?,12-/m0/s1. The van der Waals surface area contributed by atoms with E-state index in [1.807, 2.05) is 0 Å². The van der Waals surface area contributed by atoms with Gasteiger partial charge in [0.25, 0.3) is 5.91 Å². The van der Waals surface area contributed by atoms with E-state index in [4.69, 9.17) is 21.4 Å². The number of rotatable bonds is 3. The fourth-order valence-electron chi connectivity index (χ4n) is 2.17. The highest BCUT2D eigenvalue weighted by Gasteiger charge is 2.41. The van der Waals surface area contributed by atoms with Crippen molar-refractivity contribution < 1.29 is 19.7 Å². The summed E-state index contributed by atoms with van der Waals surface area (Å²) in [4.78, 5) is 12.0. The molecule has 1 aliphatic rings. The second-order valence-corrected chi connectivity index (χ2v) is 5.00. The summed E-state index contributed by atoms with van der Waals surface area (Å²) in [5.41, 5.74) is 0.416. The van der Waals surface area contributed by atoms with E-state index in [0.717, 1.165) is 0 Å². The monoisotopic (exact) mass is 285 g/mol. The van der Waals surface area contributed by atoms with Crippen LogP contribution in [0.2, 0.25) is 5.02 Å². The SMILES string of the molecule is C[C@@H]1O[C@H](CO)[C@H](O)C1NC(=O)c1cccc(Cl)c1. The zero-order valence-electron chi connectivity index (χ0n) is 10.4. The van der Waals surface area contributed by atoms with Crippen molar-refractivity contribution in [2.75, 3.05) is 6.61 Å². The van der Waals surface area contributed by atoms with E-state index in [0.29, 0.717) is 10.6 Å². The lowest BCUT2D eigenvalue weighted by Gasteiger charge is -2.19. The van der Waals surface area contributed by atoms with Gasteiger partial charge in [-0.3, -0.25) is 4.79 Å². The Morgan fingerprint density at radius 1 is 1.53 bits per heavy atom. The second kappa shape index (κ2) is 5.88. The number of aliphatic hydroxyl groups is 2. The highest BCUT2D eigenvalue weighted by molar-refractivity contribution is 6.30. The van der Waals surface area contributed by atoms with Crippen molar-refractivity contribution in [2.45, 2.75) is 31.3 Å². The minimum Gasteiger partial charge on any atom is -0.394 e. The first-order valence-electron chi connectivity index (χ1n) is 6.03. The van der Waals surface area contributed by atoms with Crippen molar-refractivity contribution in [1.82, 2.24) is 5.32 Å². The Hall–Kier alpha value is -1.14. The van der Waals surface area contributed by atoms with Crippen LogP contribution in [0.5, 0.6) is 0 Å². The summed E-state index contributed by atoms with van der Waals surface area (Å²) >= 11 is 5.82. The van der Waals surface area contributed by atoms with E-state index in [-0.39, 0.29) is 18.6 Å². The number of ether oxygens (including phenoxy) is 1. The first-order valence-corrected chi connectivity index (χ1v) is 6.41. The molecule has 0 aromatic heterocycles. The maximum absolute atomic E-state index is 12.0. The van der Waals surface area contributed by atoms with Gasteiger partial charge in [-0.05, 0) is 25.1 Å². The number of aliphatic hydroxyl groups excluding tert-OH is 2. The van der Waals surface area contributed by atoms with Crippen LogP contribution < -0.4 is 5.32 Å². The molecule has 104 valence electrons. The van der Waals surface area contributed by atoms with Gasteiger partial charge in [-0.25, -0.2) is 0 Å². The van der Waals surface area contributed by atoms with Crippen LogP contribution in [0.4, 0.5) is 0 Å². The number of hydrogen-bond acceptors (Lipinski definition) is 4. The summed E-state index contributed by atoms with van der Waals surface area (Å²) in [6.45, 7) is 1.46. The molecule has 3 N–H and O–H groups in total. The van der Waals surface area contributed by atoms with Gasteiger partial charge in [-0.2, -0.15) is 0 Å². The molecule has 2 rings (SSSR count). The minimum absolute atomic E-state index is 0.283. The predicted octanol–water partition coefficient (Wildman–Crippen LogP) is 0.579. The molecule has 19 heavy (non-hydrogen) atoms. The lowest BCUT2D eigenvalue weighted by atomic mass is 10.0. The summed E-state index contributed by atoms with van der Waals surface area (Å²) < 4.78 is 5.36. The van der Waals surface area contributed by atoms with Gasteiger partial charge in [-0.15, -0.1) is 0 Å². The third kappa shape index (κ3) is 3.06. The number of nitrogens with one attached hydrogen (secondary N) is 1. The van der Waals surface area contributed by atoms with E-state index in [1.165, 1.54) is 0 Å². The van der Waals surface area contributed by atoms with Crippen molar-refractivity contribution in [3.8, 4) is 0 Å². The molecule has 0 radical (unpaired) electrons. The van der Waals surface area contributed by atoms with Crippen LogP contribution in [0.25, 0.3) is 0 Å². The number of amides is 1. The molecule has 1 saturated heterocycles. The molecule has 0 saturated carbocycles. The molecule has 6 heteroatoms. The van der Waals surface area contributed by atoms with E-state index in [9.17, 15) is 9.90 Å². The van der Waals surface area contributed by atoms with Crippen LogP contribution in [-0.2, 0) is 4.74 Å². The summed E-state index contributed by atoms with van der Waals surface area (Å²) in [6, 6.07) is 5.99. The Balaban J connectivity index is 2.07. The zero-order valence-corrected chi connectivity index (χ0v) is 11.2. The number of benzene rings is 1. The Morgan fingerprint density at radius 3 is 2.84 bits per heavy atom. The van der Waals surface area contributed by atoms with Gasteiger partial charge < -0.3 is 20.3 Å². The molecule has 1 amide bonds. The third-order valence-corrected chi connectivity index (χ3v) is 3.44. The quantitative estimate of drug-likeness (QED) is 0.759. The zero-order chi connectivity index (χ0) is 14.0. The van der Waals surface area contributed by atoms with E-state index in [2.05, 4.69) is 5.32 Å². The van der Waals surface area contributed by atoms with Crippen LogP contribution in [-0.4, -0.2) is 47.1 Å². The van der Waals surface area contributed by atoms with Gasteiger partial charge in [0.2, 0.25) is 0 Å². The molecule has 0 bridgehead atoms. The smallest absolute Gasteiger partial charge is 0.251 e. The van der Waals surface area contributed by atoms with Crippen LogP contribution in [0.1, 0.15) is 17.3 Å². The molecule has 4 atom stereocenters. The Kier molecular flexibility index (Phi) is 4.42. The Labute approximate surface area is 116 Å². The summed E-state index contributed by atoms with van der Waals surface area (Å²) in [7, 11) is 0. The van der Waals surface area contributed by atoms with Crippen molar-refractivity contribution in [3.63, 3.8) is 0 Å². The maximum Gasteiger partial charge on any atom is 0.251 e. The molecular weight excluding hydrogens is 270 g/mol.